The smallest absolute Gasteiger partial charge is 0.258 e. The van der Waals surface area contributed by atoms with E-state index in [9.17, 15) is 5.11 Å². The molecule has 1 aromatic carbocycles. The number of phenols is 1. The normalized spacial score (nSPS) is 10.6. The van der Waals surface area contributed by atoms with Gasteiger partial charge < -0.3 is 14.4 Å². The highest BCUT2D eigenvalue weighted by molar-refractivity contribution is 5.55. The molecule has 1 aromatic heterocycles. The van der Waals surface area contributed by atoms with Gasteiger partial charge >= 0.3 is 0 Å². The Morgan fingerprint density at radius 2 is 2.29 bits per heavy atom. The first-order valence-corrected chi connectivity index (χ1v) is 5.49. The van der Waals surface area contributed by atoms with Crippen LogP contribution in [0.4, 0.5) is 0 Å². The molecule has 0 saturated heterocycles. The van der Waals surface area contributed by atoms with E-state index in [2.05, 4.69) is 10.1 Å². The van der Waals surface area contributed by atoms with Crippen molar-refractivity contribution in [1.29, 1.82) is 0 Å². The molecule has 5 nitrogen and oxygen atoms in total. The molecular formula is C12H14N2O3. The van der Waals surface area contributed by atoms with Crippen LogP contribution in [0.15, 0.2) is 28.8 Å². The lowest BCUT2D eigenvalue weighted by Gasteiger charge is -1.96. The molecule has 2 aromatic rings. The summed E-state index contributed by atoms with van der Waals surface area (Å²) in [6.07, 6.45) is 0.956. The van der Waals surface area contributed by atoms with E-state index >= 15 is 0 Å². The van der Waals surface area contributed by atoms with E-state index in [0.29, 0.717) is 30.5 Å². The molecule has 90 valence electrons. The van der Waals surface area contributed by atoms with Crippen molar-refractivity contribution in [1.82, 2.24) is 10.1 Å². The van der Waals surface area contributed by atoms with Crippen molar-refractivity contribution in [3.8, 4) is 17.2 Å². The predicted octanol–water partition coefficient (Wildman–Crippen LogP) is 2.37. The number of aromatic nitrogens is 2. The van der Waals surface area contributed by atoms with E-state index in [0.717, 1.165) is 6.42 Å². The SMILES string of the molecule is CCCOCc1noc(-c2cccc(O)c2)n1. The number of aromatic hydroxyl groups is 1. The minimum atomic E-state index is 0.171. The van der Waals surface area contributed by atoms with Crippen LogP contribution in [0, 0.1) is 0 Å². The largest absolute Gasteiger partial charge is 0.508 e. The van der Waals surface area contributed by atoms with Gasteiger partial charge in [-0.3, -0.25) is 0 Å². The monoisotopic (exact) mass is 234 g/mol. The summed E-state index contributed by atoms with van der Waals surface area (Å²) in [5, 5.41) is 13.1. The maximum absolute atomic E-state index is 9.34. The van der Waals surface area contributed by atoms with E-state index in [1.165, 1.54) is 0 Å². The van der Waals surface area contributed by atoms with Crippen molar-refractivity contribution >= 4 is 0 Å². The summed E-state index contributed by atoms with van der Waals surface area (Å²) >= 11 is 0. The summed E-state index contributed by atoms with van der Waals surface area (Å²) in [7, 11) is 0. The van der Waals surface area contributed by atoms with Crippen LogP contribution in [0.25, 0.3) is 11.5 Å². The lowest BCUT2D eigenvalue weighted by Crippen LogP contribution is -1.95. The van der Waals surface area contributed by atoms with Gasteiger partial charge in [-0.1, -0.05) is 18.1 Å². The zero-order chi connectivity index (χ0) is 12.1. The van der Waals surface area contributed by atoms with E-state index < -0.39 is 0 Å². The molecule has 0 aliphatic carbocycles. The van der Waals surface area contributed by atoms with Gasteiger partial charge in [0.05, 0.1) is 0 Å². The summed E-state index contributed by atoms with van der Waals surface area (Å²) in [5.41, 5.74) is 0.694. The van der Waals surface area contributed by atoms with Crippen LogP contribution >= 0.6 is 0 Å². The third-order valence-electron chi connectivity index (χ3n) is 2.14. The van der Waals surface area contributed by atoms with Gasteiger partial charge in [0.2, 0.25) is 0 Å². The van der Waals surface area contributed by atoms with Crippen LogP contribution in [0.3, 0.4) is 0 Å². The topological polar surface area (TPSA) is 68.4 Å². The Kier molecular flexibility index (Phi) is 3.72. The number of benzene rings is 1. The molecule has 0 radical (unpaired) electrons. The molecule has 0 aliphatic rings. The summed E-state index contributed by atoms with van der Waals surface area (Å²) in [4.78, 5) is 4.18. The Morgan fingerprint density at radius 3 is 3.06 bits per heavy atom. The lowest BCUT2D eigenvalue weighted by molar-refractivity contribution is 0.114. The van der Waals surface area contributed by atoms with Gasteiger partial charge in [-0.2, -0.15) is 4.98 Å². The molecule has 17 heavy (non-hydrogen) atoms. The number of ether oxygens (including phenoxy) is 1. The van der Waals surface area contributed by atoms with E-state index in [1.54, 1.807) is 24.3 Å². The first kappa shape index (κ1) is 11.6. The highest BCUT2D eigenvalue weighted by atomic mass is 16.5. The molecular weight excluding hydrogens is 220 g/mol. The molecule has 0 spiro atoms. The minimum absolute atomic E-state index is 0.171. The third-order valence-corrected chi connectivity index (χ3v) is 2.14. The maximum Gasteiger partial charge on any atom is 0.258 e. The molecule has 0 unspecified atom stereocenters. The van der Waals surface area contributed by atoms with Gasteiger partial charge in [0, 0.05) is 12.2 Å². The van der Waals surface area contributed by atoms with Crippen molar-refractivity contribution in [2.24, 2.45) is 0 Å². The Hall–Kier alpha value is -1.88. The van der Waals surface area contributed by atoms with Crippen molar-refractivity contribution in [3.05, 3.63) is 30.1 Å². The predicted molar refractivity (Wildman–Crippen MR) is 61.3 cm³/mol. The average Bonchev–Trinajstić information content (AvgIpc) is 2.78. The van der Waals surface area contributed by atoms with Crippen LogP contribution < -0.4 is 0 Å². The van der Waals surface area contributed by atoms with Gasteiger partial charge in [0.1, 0.15) is 12.4 Å². The zero-order valence-corrected chi connectivity index (χ0v) is 9.59. The summed E-state index contributed by atoms with van der Waals surface area (Å²) in [5.74, 6) is 1.07. The summed E-state index contributed by atoms with van der Waals surface area (Å²) < 4.78 is 10.4. The quantitative estimate of drug-likeness (QED) is 0.804. The zero-order valence-electron chi connectivity index (χ0n) is 9.59. The van der Waals surface area contributed by atoms with Gasteiger partial charge in [-0.25, -0.2) is 0 Å². The fourth-order valence-corrected chi connectivity index (χ4v) is 1.38. The van der Waals surface area contributed by atoms with E-state index in [4.69, 9.17) is 9.26 Å². The first-order valence-electron chi connectivity index (χ1n) is 5.49. The fourth-order valence-electron chi connectivity index (χ4n) is 1.38. The molecule has 0 aliphatic heterocycles. The number of nitrogens with zero attached hydrogens (tertiary/aromatic N) is 2. The standard InChI is InChI=1S/C12H14N2O3/c1-2-6-16-8-11-13-12(17-14-11)9-4-3-5-10(15)7-9/h3-5,7,15H,2,6,8H2,1H3. The van der Waals surface area contributed by atoms with Gasteiger partial charge in [0.25, 0.3) is 5.89 Å². The Bertz CT molecular complexity index is 482. The van der Waals surface area contributed by atoms with Crippen molar-refractivity contribution < 1.29 is 14.4 Å². The van der Waals surface area contributed by atoms with Crippen molar-refractivity contribution in [2.75, 3.05) is 6.61 Å². The molecule has 0 fully saturated rings. The van der Waals surface area contributed by atoms with Gasteiger partial charge in [0.15, 0.2) is 5.82 Å². The average molecular weight is 234 g/mol. The molecule has 5 heteroatoms. The van der Waals surface area contributed by atoms with Crippen molar-refractivity contribution in [3.63, 3.8) is 0 Å². The molecule has 0 amide bonds. The van der Waals surface area contributed by atoms with Gasteiger partial charge in [-0.05, 0) is 24.6 Å². The molecule has 0 atom stereocenters. The molecule has 0 bridgehead atoms. The first-order chi connectivity index (χ1) is 8.29. The molecule has 0 saturated carbocycles. The second-order valence-electron chi connectivity index (χ2n) is 3.62. The summed E-state index contributed by atoms with van der Waals surface area (Å²) in [6.45, 7) is 3.06. The Morgan fingerprint density at radius 1 is 1.41 bits per heavy atom. The van der Waals surface area contributed by atoms with Crippen molar-refractivity contribution in [2.45, 2.75) is 20.0 Å². The number of hydrogen-bond acceptors (Lipinski definition) is 5. The number of hydrogen-bond donors (Lipinski definition) is 1. The number of phenolic OH excluding ortho intramolecular Hbond substituents is 1. The maximum atomic E-state index is 9.34. The van der Waals surface area contributed by atoms with E-state index in [-0.39, 0.29) is 5.75 Å². The highest BCUT2D eigenvalue weighted by Crippen LogP contribution is 2.21. The second kappa shape index (κ2) is 5.45. The summed E-state index contributed by atoms with van der Waals surface area (Å²) in [6, 6.07) is 6.68. The van der Waals surface area contributed by atoms with Gasteiger partial charge in [-0.15, -0.1) is 0 Å². The molecule has 2 rings (SSSR count). The van der Waals surface area contributed by atoms with Crippen LogP contribution in [-0.4, -0.2) is 21.9 Å². The van der Waals surface area contributed by atoms with Crippen LogP contribution in [0.2, 0.25) is 0 Å². The molecule has 1 heterocycles. The van der Waals surface area contributed by atoms with E-state index in [1.807, 2.05) is 6.92 Å². The fraction of sp³-hybridized carbons (Fsp3) is 0.333. The Labute approximate surface area is 99.0 Å². The highest BCUT2D eigenvalue weighted by Gasteiger charge is 2.08. The van der Waals surface area contributed by atoms with Crippen LogP contribution in [0.5, 0.6) is 5.75 Å². The lowest BCUT2D eigenvalue weighted by atomic mass is 10.2. The second-order valence-corrected chi connectivity index (χ2v) is 3.62. The van der Waals surface area contributed by atoms with Crippen LogP contribution in [0.1, 0.15) is 19.2 Å². The Balaban J connectivity index is 2.07. The number of rotatable bonds is 5. The third kappa shape index (κ3) is 3.04. The molecule has 1 N–H and O–H groups in total. The van der Waals surface area contributed by atoms with Crippen LogP contribution in [-0.2, 0) is 11.3 Å². The minimum Gasteiger partial charge on any atom is -0.508 e.